The Morgan fingerprint density at radius 3 is 2.75 bits per heavy atom. The number of hydrogen-bond acceptors (Lipinski definition) is 6. The lowest BCUT2D eigenvalue weighted by Gasteiger charge is -2.32. The number of ether oxygens (including phenoxy) is 1. The number of carbonyl (C=O) groups is 1. The van der Waals surface area contributed by atoms with E-state index in [-0.39, 0.29) is 11.9 Å². The number of fused-ring (bicyclic) bond motifs is 1. The van der Waals surface area contributed by atoms with Crippen molar-refractivity contribution in [1.82, 2.24) is 19.7 Å². The van der Waals surface area contributed by atoms with Crippen LogP contribution in [0.2, 0.25) is 0 Å². The van der Waals surface area contributed by atoms with E-state index in [1.54, 1.807) is 4.68 Å². The predicted octanol–water partition coefficient (Wildman–Crippen LogP) is 3.88. The average Bonchev–Trinajstić information content (AvgIpc) is 3.34. The van der Waals surface area contributed by atoms with Crippen molar-refractivity contribution in [3.63, 3.8) is 0 Å². The Morgan fingerprint density at radius 1 is 1.22 bits per heavy atom. The lowest BCUT2D eigenvalue weighted by Crippen LogP contribution is -2.41. The number of carbonyl (C=O) groups excluding carboxylic acids is 1. The number of amides is 1. The number of benzene rings is 1. The van der Waals surface area contributed by atoms with Crippen molar-refractivity contribution in [2.24, 2.45) is 17.8 Å². The first-order valence-electron chi connectivity index (χ1n) is 12.7. The molecule has 2 N–H and O–H groups in total. The monoisotopic (exact) mass is 486 g/mol. The third-order valence-corrected chi connectivity index (χ3v) is 7.28. The van der Waals surface area contributed by atoms with Gasteiger partial charge in [-0.15, -0.1) is 0 Å². The highest BCUT2D eigenvalue weighted by Gasteiger charge is 2.27. The van der Waals surface area contributed by atoms with Crippen LogP contribution in [0.15, 0.2) is 47.4 Å². The summed E-state index contributed by atoms with van der Waals surface area (Å²) < 4.78 is 7.31. The van der Waals surface area contributed by atoms with Crippen LogP contribution in [0.1, 0.15) is 43.7 Å². The van der Waals surface area contributed by atoms with Gasteiger partial charge in [0.15, 0.2) is 0 Å². The summed E-state index contributed by atoms with van der Waals surface area (Å²) in [7, 11) is 1.90. The van der Waals surface area contributed by atoms with Crippen LogP contribution in [0.25, 0.3) is 27.7 Å². The van der Waals surface area contributed by atoms with Crippen molar-refractivity contribution in [3.8, 4) is 11.3 Å². The minimum absolute atomic E-state index is 0.141. The van der Waals surface area contributed by atoms with Crippen molar-refractivity contribution < 1.29 is 9.53 Å². The fourth-order valence-electron chi connectivity index (χ4n) is 5.22. The largest absolute Gasteiger partial charge is 0.398 e. The average molecular weight is 487 g/mol. The second-order valence-corrected chi connectivity index (χ2v) is 9.63. The summed E-state index contributed by atoms with van der Waals surface area (Å²) in [5, 5.41) is 6.40. The molecule has 1 amide bonds. The van der Waals surface area contributed by atoms with E-state index in [0.717, 1.165) is 70.5 Å². The molecule has 8 nitrogen and oxygen atoms in total. The van der Waals surface area contributed by atoms with Gasteiger partial charge in [0.05, 0.1) is 17.9 Å². The first-order valence-corrected chi connectivity index (χ1v) is 12.7. The minimum Gasteiger partial charge on any atom is -0.398 e. The molecule has 0 aliphatic carbocycles. The van der Waals surface area contributed by atoms with Gasteiger partial charge in [-0.2, -0.15) is 5.10 Å². The zero-order valence-electron chi connectivity index (χ0n) is 21.3. The number of piperidine rings is 1. The van der Waals surface area contributed by atoms with E-state index in [9.17, 15) is 4.79 Å². The number of aliphatic imine (C=N–C) groups is 1. The summed E-state index contributed by atoms with van der Waals surface area (Å²) in [6, 6.07) is 6.43. The Balaban J connectivity index is 1.61. The highest BCUT2D eigenvalue weighted by molar-refractivity contribution is 6.10. The number of rotatable bonds is 4. The molecule has 2 aliphatic heterocycles. The maximum absolute atomic E-state index is 12.6. The Morgan fingerprint density at radius 2 is 2.03 bits per heavy atom. The predicted molar refractivity (Wildman–Crippen MR) is 143 cm³/mol. The molecule has 0 saturated carbocycles. The number of pyridine rings is 1. The third kappa shape index (κ3) is 4.65. The fourth-order valence-corrected chi connectivity index (χ4v) is 5.22. The zero-order valence-corrected chi connectivity index (χ0v) is 21.3. The lowest BCUT2D eigenvalue weighted by atomic mass is 9.92. The molecule has 5 rings (SSSR count). The molecule has 8 heteroatoms. The van der Waals surface area contributed by atoms with Crippen LogP contribution in [0.3, 0.4) is 0 Å². The van der Waals surface area contributed by atoms with Gasteiger partial charge in [0.25, 0.3) is 0 Å². The standard InChI is InChI=1S/C28H34N6O2/c1-4-26(35)34-11-8-25(32-20-9-12-36-13-10-20)24(17-34)27(29)22-7-5-6-21-18(2)28(30-15-23(21)22)19-14-31-33(3)16-19/h5-7,14-16,20H,4,8-13,17,29H2,1-3H3. The molecule has 1 aromatic carbocycles. The Bertz CT molecular complexity index is 1350. The molecule has 2 fully saturated rings. The van der Waals surface area contributed by atoms with Gasteiger partial charge in [0.2, 0.25) is 5.91 Å². The van der Waals surface area contributed by atoms with Crippen molar-refractivity contribution in [2.45, 2.75) is 45.6 Å². The molecular weight excluding hydrogens is 452 g/mol. The summed E-state index contributed by atoms with van der Waals surface area (Å²) in [6.45, 7) is 6.63. The maximum Gasteiger partial charge on any atom is 0.222 e. The number of nitrogens with two attached hydrogens (primary N) is 1. The quantitative estimate of drug-likeness (QED) is 0.604. The molecule has 36 heavy (non-hydrogen) atoms. The van der Waals surface area contributed by atoms with E-state index in [1.807, 2.05) is 49.6 Å². The van der Waals surface area contributed by atoms with Crippen LogP contribution in [0.5, 0.6) is 0 Å². The van der Waals surface area contributed by atoms with E-state index in [2.05, 4.69) is 18.1 Å². The fraction of sp³-hybridized carbons (Fsp3) is 0.429. The number of aromatic nitrogens is 3. The van der Waals surface area contributed by atoms with Crippen molar-refractivity contribution in [3.05, 3.63) is 53.5 Å². The first-order chi connectivity index (χ1) is 17.5. The number of hydrogen-bond donors (Lipinski definition) is 1. The maximum atomic E-state index is 12.6. The molecule has 188 valence electrons. The van der Waals surface area contributed by atoms with Gasteiger partial charge in [-0.05, 0) is 30.7 Å². The summed E-state index contributed by atoms with van der Waals surface area (Å²) in [5.41, 5.74) is 13.5. The van der Waals surface area contributed by atoms with E-state index < -0.39 is 0 Å². The van der Waals surface area contributed by atoms with Crippen molar-refractivity contribution in [2.75, 3.05) is 26.3 Å². The molecule has 4 heterocycles. The number of likely N-dealkylation sites (tertiary alicyclic amines) is 1. The van der Waals surface area contributed by atoms with Crippen molar-refractivity contribution in [1.29, 1.82) is 0 Å². The first kappa shape index (κ1) is 24.2. The Hall–Kier alpha value is -3.52. The van der Waals surface area contributed by atoms with Gasteiger partial charge in [-0.3, -0.25) is 19.5 Å². The smallest absolute Gasteiger partial charge is 0.222 e. The van der Waals surface area contributed by atoms with E-state index >= 15 is 0 Å². The highest BCUT2D eigenvalue weighted by atomic mass is 16.5. The molecule has 0 radical (unpaired) electrons. The topological polar surface area (TPSA) is 98.6 Å². The molecule has 2 aromatic heterocycles. The van der Waals surface area contributed by atoms with Gasteiger partial charge >= 0.3 is 0 Å². The summed E-state index contributed by atoms with van der Waals surface area (Å²) in [6.07, 6.45) is 8.75. The lowest BCUT2D eigenvalue weighted by molar-refractivity contribution is -0.130. The molecule has 3 aromatic rings. The summed E-state index contributed by atoms with van der Waals surface area (Å²) in [4.78, 5) is 24.4. The second kappa shape index (κ2) is 10.2. The molecule has 2 aliphatic rings. The molecule has 2 saturated heterocycles. The number of aryl methyl sites for hydroxylation is 2. The zero-order chi connectivity index (χ0) is 25.2. The number of nitrogens with zero attached hydrogens (tertiary/aromatic N) is 5. The molecule has 0 unspecified atom stereocenters. The second-order valence-electron chi connectivity index (χ2n) is 9.63. The van der Waals surface area contributed by atoms with Gasteiger partial charge in [-0.1, -0.05) is 25.1 Å². The van der Waals surface area contributed by atoms with E-state index in [0.29, 0.717) is 31.6 Å². The molecule has 0 bridgehead atoms. The SMILES string of the molecule is CCC(=O)N1CCC(=NC2CCOCC2)C(=C(N)c2cccc3c(C)c(-c4cnn(C)c4)ncc23)C1. The van der Waals surface area contributed by atoms with Crippen molar-refractivity contribution >= 4 is 28.1 Å². The highest BCUT2D eigenvalue weighted by Crippen LogP contribution is 2.32. The van der Waals surface area contributed by atoms with Crippen LogP contribution in [-0.2, 0) is 16.6 Å². The Labute approximate surface area is 211 Å². The van der Waals surface area contributed by atoms with Gasteiger partial charge < -0.3 is 15.4 Å². The summed E-state index contributed by atoms with van der Waals surface area (Å²) >= 11 is 0. The van der Waals surface area contributed by atoms with Gasteiger partial charge in [0.1, 0.15) is 0 Å². The molecule has 0 atom stereocenters. The van der Waals surface area contributed by atoms with Crippen LogP contribution in [-0.4, -0.2) is 63.6 Å². The third-order valence-electron chi connectivity index (χ3n) is 7.28. The Kier molecular flexibility index (Phi) is 6.87. The van der Waals surface area contributed by atoms with Gasteiger partial charge in [-0.25, -0.2) is 0 Å². The van der Waals surface area contributed by atoms with Crippen LogP contribution in [0, 0.1) is 6.92 Å². The van der Waals surface area contributed by atoms with Gasteiger partial charge in [0, 0.05) is 92.1 Å². The van der Waals surface area contributed by atoms with E-state index in [1.165, 1.54) is 0 Å². The minimum atomic E-state index is 0.141. The normalized spacial score (nSPS) is 19.8. The molecule has 0 spiro atoms. The van der Waals surface area contributed by atoms with E-state index in [4.69, 9.17) is 20.4 Å². The van der Waals surface area contributed by atoms with Crippen LogP contribution in [0.4, 0.5) is 0 Å². The van der Waals surface area contributed by atoms with Crippen LogP contribution < -0.4 is 5.73 Å². The molecular formula is C28H34N6O2. The summed E-state index contributed by atoms with van der Waals surface area (Å²) in [5.74, 6) is 0.141. The van der Waals surface area contributed by atoms with Crippen LogP contribution >= 0.6 is 0 Å².